The van der Waals surface area contributed by atoms with Gasteiger partial charge in [-0.2, -0.15) is 0 Å². The topological polar surface area (TPSA) is 69.0 Å². The summed E-state index contributed by atoms with van der Waals surface area (Å²) in [6.45, 7) is 3.70. The second-order valence-electron chi connectivity index (χ2n) is 4.46. The maximum atomic E-state index is 12.0. The number of ether oxygens (including phenoxy) is 1. The zero-order valence-corrected chi connectivity index (χ0v) is 10.1. The zero-order chi connectivity index (χ0) is 12.1. The van der Waals surface area contributed by atoms with E-state index in [4.69, 9.17) is 4.74 Å². The van der Waals surface area contributed by atoms with Crippen LogP contribution in [-0.4, -0.2) is 39.7 Å². The van der Waals surface area contributed by atoms with Crippen LogP contribution in [0.5, 0.6) is 0 Å². The number of amides is 1. The molecule has 0 radical (unpaired) electrons. The van der Waals surface area contributed by atoms with Crippen LogP contribution in [0.25, 0.3) is 0 Å². The average Bonchev–Trinajstić information content (AvgIpc) is 2.83. The van der Waals surface area contributed by atoms with Gasteiger partial charge in [0, 0.05) is 19.3 Å². The zero-order valence-electron chi connectivity index (χ0n) is 10.1. The number of aromatic nitrogens is 3. The predicted octanol–water partition coefficient (Wildman–Crippen LogP) is 0.353. The Kier molecular flexibility index (Phi) is 3.73. The quantitative estimate of drug-likeness (QED) is 0.822. The summed E-state index contributed by atoms with van der Waals surface area (Å²) in [7, 11) is 0. The minimum absolute atomic E-state index is 0.0303. The van der Waals surface area contributed by atoms with Gasteiger partial charge in [0.25, 0.3) is 5.91 Å². The van der Waals surface area contributed by atoms with Gasteiger partial charge in [-0.1, -0.05) is 5.21 Å². The van der Waals surface area contributed by atoms with E-state index in [9.17, 15) is 4.79 Å². The van der Waals surface area contributed by atoms with Crippen LogP contribution in [0, 0.1) is 0 Å². The molecule has 6 nitrogen and oxygen atoms in total. The summed E-state index contributed by atoms with van der Waals surface area (Å²) in [5.74, 6) is -0.0303. The third kappa shape index (κ3) is 3.03. The number of nitrogens with zero attached hydrogens (tertiary/aromatic N) is 3. The maximum absolute atomic E-state index is 12.0. The highest BCUT2D eigenvalue weighted by molar-refractivity contribution is 5.84. The van der Waals surface area contributed by atoms with Gasteiger partial charge in [-0.25, -0.2) is 0 Å². The van der Waals surface area contributed by atoms with E-state index in [0.717, 1.165) is 19.3 Å². The van der Waals surface area contributed by atoms with Crippen molar-refractivity contribution in [2.45, 2.75) is 38.3 Å². The Bertz CT molecular complexity index is 358. The lowest BCUT2D eigenvalue weighted by atomic mass is 9.95. The molecular weight excluding hydrogens is 220 g/mol. The van der Waals surface area contributed by atoms with Crippen LogP contribution in [0.2, 0.25) is 0 Å². The van der Waals surface area contributed by atoms with Crippen molar-refractivity contribution in [3.63, 3.8) is 0 Å². The van der Waals surface area contributed by atoms with Gasteiger partial charge >= 0.3 is 0 Å². The first-order valence-electron chi connectivity index (χ1n) is 5.97. The third-order valence-corrected chi connectivity index (χ3v) is 3.05. The molecule has 0 spiro atoms. The van der Waals surface area contributed by atoms with Gasteiger partial charge in [0.1, 0.15) is 5.60 Å². The molecule has 1 unspecified atom stereocenters. The smallest absolute Gasteiger partial charge is 0.252 e. The maximum Gasteiger partial charge on any atom is 0.252 e. The van der Waals surface area contributed by atoms with E-state index < -0.39 is 5.60 Å². The van der Waals surface area contributed by atoms with E-state index in [-0.39, 0.29) is 5.91 Å². The fraction of sp³-hybridized carbons (Fsp3) is 0.727. The normalized spacial score (nSPS) is 24.5. The van der Waals surface area contributed by atoms with Crippen molar-refractivity contribution >= 4 is 5.91 Å². The lowest BCUT2D eigenvalue weighted by Crippen LogP contribution is -2.49. The van der Waals surface area contributed by atoms with E-state index in [1.807, 2.05) is 6.92 Å². The first kappa shape index (κ1) is 12.0. The molecule has 1 atom stereocenters. The number of hydrogen-bond acceptors (Lipinski definition) is 4. The Morgan fingerprint density at radius 2 is 2.47 bits per heavy atom. The van der Waals surface area contributed by atoms with E-state index in [1.54, 1.807) is 17.1 Å². The van der Waals surface area contributed by atoms with Gasteiger partial charge in [0.15, 0.2) is 0 Å². The molecule has 1 fully saturated rings. The molecule has 0 saturated carbocycles. The van der Waals surface area contributed by atoms with E-state index >= 15 is 0 Å². The van der Waals surface area contributed by atoms with Crippen molar-refractivity contribution in [1.82, 2.24) is 20.3 Å². The number of carbonyl (C=O) groups excluding carboxylic acids is 1. The summed E-state index contributed by atoms with van der Waals surface area (Å²) in [6, 6.07) is 0. The molecule has 0 aromatic carbocycles. The first-order valence-corrected chi connectivity index (χ1v) is 5.97. The lowest BCUT2D eigenvalue weighted by molar-refractivity contribution is -0.150. The molecule has 6 heteroatoms. The Balaban J connectivity index is 1.76. The third-order valence-electron chi connectivity index (χ3n) is 3.05. The van der Waals surface area contributed by atoms with Crippen LogP contribution < -0.4 is 5.32 Å². The molecule has 1 aromatic rings. The first-order chi connectivity index (χ1) is 8.21. The Labute approximate surface area is 100 Å². The second kappa shape index (κ2) is 5.27. The van der Waals surface area contributed by atoms with Crippen LogP contribution in [-0.2, 0) is 16.1 Å². The summed E-state index contributed by atoms with van der Waals surface area (Å²) in [5.41, 5.74) is -0.652. The molecule has 0 aliphatic carbocycles. The molecule has 1 aliphatic heterocycles. The summed E-state index contributed by atoms with van der Waals surface area (Å²) < 4.78 is 7.25. The molecule has 2 rings (SSSR count). The summed E-state index contributed by atoms with van der Waals surface area (Å²) in [4.78, 5) is 12.0. The molecule has 0 bridgehead atoms. The highest BCUT2D eigenvalue weighted by Crippen LogP contribution is 2.24. The van der Waals surface area contributed by atoms with Crippen LogP contribution >= 0.6 is 0 Å². The highest BCUT2D eigenvalue weighted by atomic mass is 16.5. The predicted molar refractivity (Wildman–Crippen MR) is 61.2 cm³/mol. The highest BCUT2D eigenvalue weighted by Gasteiger charge is 2.35. The molecule has 1 N–H and O–H groups in total. The van der Waals surface area contributed by atoms with E-state index in [1.165, 1.54) is 0 Å². The van der Waals surface area contributed by atoms with Crippen LogP contribution in [0.15, 0.2) is 12.4 Å². The Morgan fingerprint density at radius 3 is 3.12 bits per heavy atom. The van der Waals surface area contributed by atoms with Gasteiger partial charge in [-0.15, -0.1) is 5.10 Å². The fourth-order valence-electron chi connectivity index (χ4n) is 1.94. The molecule has 1 saturated heterocycles. The fourth-order valence-corrected chi connectivity index (χ4v) is 1.94. The van der Waals surface area contributed by atoms with Crippen molar-refractivity contribution in [3.05, 3.63) is 12.4 Å². The minimum Gasteiger partial charge on any atom is -0.365 e. The summed E-state index contributed by atoms with van der Waals surface area (Å²) >= 11 is 0. The molecular formula is C11H18N4O2. The Morgan fingerprint density at radius 1 is 1.59 bits per heavy atom. The lowest BCUT2D eigenvalue weighted by Gasteiger charge is -2.32. The molecule has 94 valence electrons. The minimum atomic E-state index is -0.652. The van der Waals surface area contributed by atoms with Gasteiger partial charge in [-0.05, 0) is 26.2 Å². The monoisotopic (exact) mass is 238 g/mol. The number of hydrogen-bond donors (Lipinski definition) is 1. The van der Waals surface area contributed by atoms with Crippen molar-refractivity contribution in [2.75, 3.05) is 13.2 Å². The van der Waals surface area contributed by atoms with Gasteiger partial charge in [0.2, 0.25) is 0 Å². The van der Waals surface area contributed by atoms with Crippen molar-refractivity contribution in [1.29, 1.82) is 0 Å². The molecule has 2 heterocycles. The SMILES string of the molecule is CC1(C(=O)NCCn2ccnn2)CCCCO1. The molecule has 1 aliphatic rings. The van der Waals surface area contributed by atoms with Gasteiger partial charge in [0.05, 0.1) is 12.7 Å². The standard InChI is InChI=1S/C11H18N4O2/c1-11(4-2-3-9-17-11)10(16)12-5-7-15-8-6-13-14-15/h6,8H,2-5,7,9H2,1H3,(H,12,16). The summed E-state index contributed by atoms with van der Waals surface area (Å²) in [6.07, 6.45) is 6.27. The summed E-state index contributed by atoms with van der Waals surface area (Å²) in [5, 5.41) is 10.4. The van der Waals surface area contributed by atoms with Crippen LogP contribution in [0.3, 0.4) is 0 Å². The molecule has 1 amide bonds. The van der Waals surface area contributed by atoms with Crippen molar-refractivity contribution in [2.24, 2.45) is 0 Å². The van der Waals surface area contributed by atoms with Crippen molar-refractivity contribution < 1.29 is 9.53 Å². The molecule has 17 heavy (non-hydrogen) atoms. The van der Waals surface area contributed by atoms with E-state index in [0.29, 0.717) is 19.7 Å². The van der Waals surface area contributed by atoms with Gasteiger partial charge in [-0.3, -0.25) is 9.48 Å². The largest absolute Gasteiger partial charge is 0.365 e. The average molecular weight is 238 g/mol. The van der Waals surface area contributed by atoms with E-state index in [2.05, 4.69) is 15.6 Å². The Hall–Kier alpha value is -1.43. The van der Waals surface area contributed by atoms with Crippen molar-refractivity contribution in [3.8, 4) is 0 Å². The number of carbonyl (C=O) groups is 1. The van der Waals surface area contributed by atoms with Gasteiger partial charge < -0.3 is 10.1 Å². The van der Waals surface area contributed by atoms with Crippen LogP contribution in [0.1, 0.15) is 26.2 Å². The number of nitrogens with one attached hydrogen (secondary N) is 1. The molecule has 1 aromatic heterocycles. The number of rotatable bonds is 4. The second-order valence-corrected chi connectivity index (χ2v) is 4.46. The van der Waals surface area contributed by atoms with Crippen LogP contribution in [0.4, 0.5) is 0 Å².